The Kier molecular flexibility index (Phi) is 33.8. The van der Waals surface area contributed by atoms with Gasteiger partial charge in [0.25, 0.3) is 0 Å². The summed E-state index contributed by atoms with van der Waals surface area (Å²) in [6.45, 7) is -4.59. The first-order valence-corrected chi connectivity index (χ1v) is 36.4. The van der Waals surface area contributed by atoms with E-state index >= 15 is 0 Å². The molecule has 8 aromatic carbocycles. The van der Waals surface area contributed by atoms with E-state index in [1.165, 1.54) is 49.1 Å². The van der Waals surface area contributed by atoms with Gasteiger partial charge >= 0.3 is 0 Å². The average Bonchev–Trinajstić information content (AvgIpc) is 0.765. The van der Waals surface area contributed by atoms with Crippen molar-refractivity contribution in [2.75, 3.05) is 108 Å². The summed E-state index contributed by atoms with van der Waals surface area (Å²) >= 11 is 0. The zero-order valence-electron chi connectivity index (χ0n) is 97.4. The van der Waals surface area contributed by atoms with Crippen LogP contribution in [0.4, 0.5) is 0 Å². The van der Waals surface area contributed by atoms with Crippen molar-refractivity contribution < 1.29 is 41.1 Å². The molecule has 0 bridgehead atoms. The second-order valence-corrected chi connectivity index (χ2v) is 25.4. The predicted molar refractivity (Wildman–Crippen MR) is 489 cm³/mol. The SMILES string of the molecule is [2H]C([2H])(C#C)N(C)[C@H](C)Cc1ccccc1.[2H]C([2H])([2H])N(CC#C)[C@]([2H])(C)Cc1ccccc1.[2H]C([2H])([2H])N([C@H](C)Cc1ccccc1)C([2H])([2H])C#C.[2H]C([2H])(c1ccccc1)[C@@H](C)N(C([2H])([2H])[2H])C([2H])([2H])C#C.[2H]C([2H])(c1ccccc1)[C@@H](C)N(C)C([2H])([2H])C#C.[2H]C([2H])(c1ccccc1)[C@@H](C)N(C)CC#C.[2H]C([2H])(c1ccccc1)[C@@H](C)N(CC#C)C([2H])([2H])[2H].[2H][C@@](C)(Cc1ccccc1)N(C)CC#C. The van der Waals surface area contributed by atoms with E-state index in [4.69, 9.17) is 92.5 Å². The fourth-order valence-corrected chi connectivity index (χ4v) is 9.37. The molecule has 0 saturated heterocycles. The molecule has 0 amide bonds. The van der Waals surface area contributed by atoms with Gasteiger partial charge in [0.15, 0.2) is 0 Å². The molecular formula is C104H136N8. The van der Waals surface area contributed by atoms with Crippen LogP contribution in [0.25, 0.3) is 0 Å². The van der Waals surface area contributed by atoms with Crippen LogP contribution < -0.4 is 0 Å². The van der Waals surface area contributed by atoms with Crippen molar-refractivity contribution in [2.24, 2.45) is 0 Å². The van der Waals surface area contributed by atoms with Crippen molar-refractivity contribution >= 4 is 0 Å². The Bertz CT molecular complexity index is 5330. The minimum absolute atomic E-state index is 0.0634. The third-order valence-corrected chi connectivity index (χ3v) is 16.3. The molecule has 592 valence electrons. The number of hydrogen-bond acceptors (Lipinski definition) is 8. The lowest BCUT2D eigenvalue weighted by molar-refractivity contribution is 0.287. The molecular weight excluding hydrogens is 1360 g/mol. The van der Waals surface area contributed by atoms with Gasteiger partial charge in [0.1, 0.15) is 0 Å². The summed E-state index contributed by atoms with van der Waals surface area (Å²) in [6.07, 6.45) is 36.6. The molecule has 0 aliphatic heterocycles. The Balaban J connectivity index is 0.000000813. The molecule has 0 aliphatic rings. The highest BCUT2D eigenvalue weighted by Gasteiger charge is 2.14. The van der Waals surface area contributed by atoms with Crippen molar-refractivity contribution in [1.82, 2.24) is 39.2 Å². The monoisotopic (exact) mass is 1530 g/mol. The van der Waals surface area contributed by atoms with Crippen LogP contribution in [0.3, 0.4) is 0 Å². The first kappa shape index (κ1) is 59.6. The lowest BCUT2D eigenvalue weighted by atomic mass is 10.1. The van der Waals surface area contributed by atoms with Gasteiger partial charge in [-0.1, -0.05) is 290 Å². The largest absolute Gasteiger partial charge is 0.292 e. The number of terminal acetylenes is 8. The Labute approximate surface area is 727 Å². The smallest absolute Gasteiger partial charge is 0.0598 e. The molecule has 0 N–H and O–H groups in total. The Morgan fingerprint density at radius 1 is 0.241 bits per heavy atom. The van der Waals surface area contributed by atoms with E-state index < -0.39 is 116 Å². The van der Waals surface area contributed by atoms with Crippen LogP contribution in [0.1, 0.15) is 141 Å². The standard InChI is InChI=1S/8C13H17N/c8*1-4-10-14(3)12(2)11-13-8-6-5-7-9-13/h8*1,5-9,12H,10-11H2,2-3H3/t8*12-/m11111111/s1/i3D3,10D2,11D2;10D2,11D2;3D3,12D;3D3,11D2;3D3,10D2;12D;11D2;10D2. The van der Waals surface area contributed by atoms with Crippen LogP contribution in [-0.4, -0.2) is 196 Å². The van der Waals surface area contributed by atoms with Crippen molar-refractivity contribution in [1.29, 1.82) is 0 Å². The van der Waals surface area contributed by atoms with E-state index in [0.29, 0.717) is 53.9 Å². The topological polar surface area (TPSA) is 25.9 Å². The highest BCUT2D eigenvalue weighted by molar-refractivity contribution is 5.22. The van der Waals surface area contributed by atoms with E-state index in [1.807, 2.05) is 202 Å². The molecule has 0 aromatic heterocycles. The van der Waals surface area contributed by atoms with Crippen molar-refractivity contribution in [3.05, 3.63) is 287 Å². The van der Waals surface area contributed by atoms with E-state index in [1.54, 1.807) is 124 Å². The summed E-state index contributed by atoms with van der Waals surface area (Å²) in [5.74, 6) is 17.6. The normalized spacial score (nSPS) is 18.4. The maximum Gasteiger partial charge on any atom is 0.0598 e. The average molecular weight is 1530 g/mol. The zero-order valence-corrected chi connectivity index (χ0v) is 67.4. The van der Waals surface area contributed by atoms with E-state index in [2.05, 4.69) is 29.6 Å². The Morgan fingerprint density at radius 3 is 0.723 bits per heavy atom. The van der Waals surface area contributed by atoms with Gasteiger partial charge in [-0.3, -0.25) is 39.2 Å². The quantitative estimate of drug-likeness (QED) is 0.0385. The number of benzene rings is 8. The van der Waals surface area contributed by atoms with Gasteiger partial charge in [-0.2, -0.15) is 0 Å². The molecule has 0 radical (unpaired) electrons. The van der Waals surface area contributed by atoms with Crippen molar-refractivity contribution in [3.8, 4) is 98.8 Å². The van der Waals surface area contributed by atoms with Gasteiger partial charge in [-0.05, 0) is 207 Å². The summed E-state index contributed by atoms with van der Waals surface area (Å²) in [5.41, 5.74) is 6.11. The second-order valence-electron chi connectivity index (χ2n) is 25.4. The summed E-state index contributed by atoms with van der Waals surface area (Å²) in [7, 11) is 6.93. The summed E-state index contributed by atoms with van der Waals surface area (Å²) in [6, 6.07) is 67.7. The molecule has 0 fully saturated rings. The van der Waals surface area contributed by atoms with Gasteiger partial charge in [0.05, 0.1) is 63.1 Å². The van der Waals surface area contributed by atoms with Gasteiger partial charge < -0.3 is 0 Å². The molecule has 0 aliphatic carbocycles. The first-order valence-electron chi connectivity index (χ1n) is 51.4. The third kappa shape index (κ3) is 48.5. The van der Waals surface area contributed by atoms with Gasteiger partial charge in [0.2, 0.25) is 0 Å². The van der Waals surface area contributed by atoms with Crippen LogP contribution in [0, 0.1) is 98.8 Å². The maximum absolute atomic E-state index is 8.25. The molecule has 0 unspecified atom stereocenters. The van der Waals surface area contributed by atoms with Crippen LogP contribution in [0.5, 0.6) is 0 Å². The lowest BCUT2D eigenvalue weighted by Crippen LogP contribution is -2.31. The highest BCUT2D eigenvalue weighted by Crippen LogP contribution is 2.14. The molecule has 112 heavy (non-hydrogen) atoms. The van der Waals surface area contributed by atoms with Crippen LogP contribution in [0.15, 0.2) is 243 Å². The summed E-state index contributed by atoms with van der Waals surface area (Å²) in [4.78, 5) is 9.82. The minimum Gasteiger partial charge on any atom is -0.292 e. The van der Waals surface area contributed by atoms with Crippen LogP contribution in [-0.2, 0) is 51.2 Å². The summed E-state index contributed by atoms with van der Waals surface area (Å²) < 4.78 is 233. The zero-order chi connectivity index (χ0) is 109. The number of rotatable bonds is 32. The van der Waals surface area contributed by atoms with E-state index in [0.717, 1.165) is 32.2 Å². The van der Waals surface area contributed by atoms with Gasteiger partial charge in [-0.25, -0.2) is 0 Å². The van der Waals surface area contributed by atoms with Crippen LogP contribution >= 0.6 is 0 Å². The third-order valence-electron chi connectivity index (χ3n) is 16.3. The Hall–Kier alpha value is -10.1. The van der Waals surface area contributed by atoms with Crippen molar-refractivity contribution in [3.63, 3.8) is 0 Å². The molecule has 8 aromatic rings. The van der Waals surface area contributed by atoms with Gasteiger partial charge in [-0.15, -0.1) is 51.4 Å². The molecule has 8 rings (SSSR count). The van der Waals surface area contributed by atoms with Gasteiger partial charge in [0, 0.05) is 78.4 Å². The lowest BCUT2D eigenvalue weighted by Gasteiger charge is -2.22. The fourth-order valence-electron chi connectivity index (χ4n) is 9.37. The summed E-state index contributed by atoms with van der Waals surface area (Å²) in [5, 5.41) is 0. The fraction of sp³-hybridized carbons (Fsp3) is 0.385. The Morgan fingerprint density at radius 2 is 0.438 bits per heavy atom. The first-order chi connectivity index (χ1) is 65.4. The number of hydrogen-bond donors (Lipinski definition) is 0. The van der Waals surface area contributed by atoms with Crippen molar-refractivity contribution in [2.45, 2.75) is 155 Å². The molecule has 8 nitrogen and oxygen atoms in total. The molecule has 8 heteroatoms. The second kappa shape index (κ2) is 63.5. The molecule has 0 saturated carbocycles. The van der Waals surface area contributed by atoms with E-state index in [-0.39, 0.29) is 30.7 Å². The number of nitrogens with zero attached hydrogens (tertiary/aromatic N) is 8. The number of likely N-dealkylation sites (N-methyl/N-ethyl adjacent to an activating group) is 8. The maximum atomic E-state index is 8.25. The van der Waals surface area contributed by atoms with Crippen LogP contribution in [0.2, 0.25) is 0 Å². The molecule has 8 atom stereocenters. The minimum atomic E-state index is -2.86. The predicted octanol–water partition coefficient (Wildman–Crippen LogP) is 17.5. The molecule has 0 spiro atoms. The molecule has 0 heterocycles. The highest BCUT2D eigenvalue weighted by atomic mass is 15.1. The van der Waals surface area contributed by atoms with E-state index in [9.17, 15) is 0 Å².